The van der Waals surface area contributed by atoms with Gasteiger partial charge in [-0.3, -0.25) is 0 Å². The second-order valence-electron chi connectivity index (χ2n) is 3.94. The summed E-state index contributed by atoms with van der Waals surface area (Å²) in [6, 6.07) is 1.91. The van der Waals surface area contributed by atoms with Crippen molar-refractivity contribution in [2.45, 2.75) is 33.6 Å². The molecule has 0 aromatic carbocycles. The standard InChI is InChI=1S/C12H17N5/c1-4-9-12(13)10(5-2)17(16-9)11-6-8(3)14-7-15-11/h6-7H,4-5,13H2,1-3H3. The van der Waals surface area contributed by atoms with Gasteiger partial charge in [0.15, 0.2) is 5.82 Å². The Morgan fingerprint density at radius 2 is 2.00 bits per heavy atom. The number of aryl methyl sites for hydroxylation is 2. The molecule has 0 radical (unpaired) electrons. The van der Waals surface area contributed by atoms with E-state index in [1.807, 2.05) is 24.6 Å². The molecule has 0 bridgehead atoms. The maximum absolute atomic E-state index is 6.07. The fraction of sp³-hybridized carbons (Fsp3) is 0.417. The van der Waals surface area contributed by atoms with Crippen molar-refractivity contribution in [1.29, 1.82) is 0 Å². The van der Waals surface area contributed by atoms with Crippen LogP contribution in [-0.4, -0.2) is 19.7 Å². The number of hydrogen-bond donors (Lipinski definition) is 1. The Bertz CT molecular complexity index is 530. The zero-order valence-corrected chi connectivity index (χ0v) is 10.4. The number of nitrogens with two attached hydrogens (primary N) is 1. The summed E-state index contributed by atoms with van der Waals surface area (Å²) in [4.78, 5) is 8.33. The van der Waals surface area contributed by atoms with E-state index in [2.05, 4.69) is 22.0 Å². The Labute approximate surface area is 101 Å². The van der Waals surface area contributed by atoms with E-state index < -0.39 is 0 Å². The van der Waals surface area contributed by atoms with Crippen LogP contribution >= 0.6 is 0 Å². The van der Waals surface area contributed by atoms with Crippen LogP contribution in [0.25, 0.3) is 5.82 Å². The van der Waals surface area contributed by atoms with E-state index in [0.717, 1.165) is 41.4 Å². The maximum Gasteiger partial charge on any atom is 0.157 e. The second-order valence-corrected chi connectivity index (χ2v) is 3.94. The third-order valence-electron chi connectivity index (χ3n) is 2.77. The maximum atomic E-state index is 6.07. The molecule has 2 heterocycles. The van der Waals surface area contributed by atoms with Crippen LogP contribution in [-0.2, 0) is 12.8 Å². The van der Waals surface area contributed by atoms with E-state index in [4.69, 9.17) is 5.73 Å². The van der Waals surface area contributed by atoms with Gasteiger partial charge in [-0.15, -0.1) is 0 Å². The molecule has 0 spiro atoms. The Kier molecular flexibility index (Phi) is 3.08. The first-order valence-electron chi connectivity index (χ1n) is 5.82. The summed E-state index contributed by atoms with van der Waals surface area (Å²) in [6.07, 6.45) is 3.21. The van der Waals surface area contributed by atoms with Crippen LogP contribution in [0.5, 0.6) is 0 Å². The molecule has 0 aliphatic rings. The number of nitrogen functional groups attached to an aromatic ring is 1. The summed E-state index contributed by atoms with van der Waals surface area (Å²) in [5.74, 6) is 0.778. The predicted molar refractivity (Wildman–Crippen MR) is 67.1 cm³/mol. The van der Waals surface area contributed by atoms with Crippen LogP contribution in [0.2, 0.25) is 0 Å². The van der Waals surface area contributed by atoms with Gasteiger partial charge in [-0.05, 0) is 19.8 Å². The molecule has 5 heteroatoms. The molecule has 0 unspecified atom stereocenters. The largest absolute Gasteiger partial charge is 0.396 e. The van der Waals surface area contributed by atoms with Gasteiger partial charge in [0.05, 0.1) is 17.1 Å². The lowest BCUT2D eigenvalue weighted by molar-refractivity contribution is 0.766. The van der Waals surface area contributed by atoms with Crippen molar-refractivity contribution >= 4 is 5.69 Å². The molecule has 5 nitrogen and oxygen atoms in total. The third kappa shape index (κ3) is 2.00. The Hall–Kier alpha value is -1.91. The van der Waals surface area contributed by atoms with Gasteiger partial charge in [0.1, 0.15) is 6.33 Å². The van der Waals surface area contributed by atoms with Gasteiger partial charge < -0.3 is 5.73 Å². The lowest BCUT2D eigenvalue weighted by Gasteiger charge is -2.05. The molecule has 2 N–H and O–H groups in total. The molecule has 0 atom stereocenters. The summed E-state index contributed by atoms with van der Waals surface area (Å²) < 4.78 is 1.82. The number of aromatic nitrogens is 4. The molecule has 2 aromatic heterocycles. The van der Waals surface area contributed by atoms with Crippen LogP contribution in [0, 0.1) is 6.92 Å². The van der Waals surface area contributed by atoms with Crippen LogP contribution < -0.4 is 5.73 Å². The molecule has 0 fully saturated rings. The van der Waals surface area contributed by atoms with E-state index >= 15 is 0 Å². The molecular formula is C12H17N5. The van der Waals surface area contributed by atoms with Crippen molar-refractivity contribution in [3.63, 3.8) is 0 Å². The monoisotopic (exact) mass is 231 g/mol. The van der Waals surface area contributed by atoms with Gasteiger partial charge >= 0.3 is 0 Å². The van der Waals surface area contributed by atoms with Crippen molar-refractivity contribution in [2.24, 2.45) is 0 Å². The molecule has 2 aromatic rings. The molecule has 90 valence electrons. The van der Waals surface area contributed by atoms with Crippen molar-refractivity contribution in [3.05, 3.63) is 29.5 Å². The van der Waals surface area contributed by atoms with Gasteiger partial charge in [0, 0.05) is 11.8 Å². The normalized spacial score (nSPS) is 10.8. The number of anilines is 1. The summed E-state index contributed by atoms with van der Waals surface area (Å²) >= 11 is 0. The predicted octanol–water partition coefficient (Wildman–Crippen LogP) is 1.68. The minimum absolute atomic E-state index is 0.778. The smallest absolute Gasteiger partial charge is 0.157 e. The van der Waals surface area contributed by atoms with Crippen molar-refractivity contribution in [3.8, 4) is 5.82 Å². The molecule has 2 rings (SSSR count). The van der Waals surface area contributed by atoms with Crippen LogP contribution in [0.3, 0.4) is 0 Å². The van der Waals surface area contributed by atoms with Crippen LogP contribution in [0.4, 0.5) is 5.69 Å². The number of nitrogens with zero attached hydrogens (tertiary/aromatic N) is 4. The lowest BCUT2D eigenvalue weighted by atomic mass is 10.2. The highest BCUT2D eigenvalue weighted by molar-refractivity contribution is 5.50. The van der Waals surface area contributed by atoms with Crippen molar-refractivity contribution in [1.82, 2.24) is 19.7 Å². The molecule has 0 amide bonds. The molecule has 0 aliphatic heterocycles. The lowest BCUT2D eigenvalue weighted by Crippen LogP contribution is -2.05. The molecule has 17 heavy (non-hydrogen) atoms. The SMILES string of the molecule is CCc1nn(-c2cc(C)ncn2)c(CC)c1N. The van der Waals surface area contributed by atoms with Crippen LogP contribution in [0.1, 0.15) is 30.9 Å². The van der Waals surface area contributed by atoms with Crippen molar-refractivity contribution in [2.75, 3.05) is 5.73 Å². The first-order valence-corrected chi connectivity index (χ1v) is 5.82. The Morgan fingerprint density at radius 3 is 2.59 bits per heavy atom. The highest BCUT2D eigenvalue weighted by Gasteiger charge is 2.14. The Balaban J connectivity index is 2.58. The molecule has 0 saturated carbocycles. The zero-order valence-electron chi connectivity index (χ0n) is 10.4. The van der Waals surface area contributed by atoms with Gasteiger partial charge in [-0.2, -0.15) is 5.10 Å². The average molecular weight is 231 g/mol. The fourth-order valence-corrected chi connectivity index (χ4v) is 1.86. The van der Waals surface area contributed by atoms with E-state index in [9.17, 15) is 0 Å². The highest BCUT2D eigenvalue weighted by Crippen LogP contribution is 2.21. The highest BCUT2D eigenvalue weighted by atomic mass is 15.3. The topological polar surface area (TPSA) is 69.6 Å². The van der Waals surface area contributed by atoms with Gasteiger partial charge in [0.25, 0.3) is 0 Å². The zero-order chi connectivity index (χ0) is 12.4. The summed E-state index contributed by atoms with van der Waals surface area (Å²) in [6.45, 7) is 6.05. The average Bonchev–Trinajstić information content (AvgIpc) is 2.65. The van der Waals surface area contributed by atoms with E-state index in [1.165, 1.54) is 0 Å². The fourth-order valence-electron chi connectivity index (χ4n) is 1.86. The minimum atomic E-state index is 0.778. The van der Waals surface area contributed by atoms with E-state index in [0.29, 0.717) is 0 Å². The number of hydrogen-bond acceptors (Lipinski definition) is 4. The summed E-state index contributed by atoms with van der Waals surface area (Å²) in [7, 11) is 0. The van der Waals surface area contributed by atoms with Gasteiger partial charge in [-0.25, -0.2) is 14.6 Å². The molecule has 0 saturated heterocycles. The quantitative estimate of drug-likeness (QED) is 0.872. The number of rotatable bonds is 3. The summed E-state index contributed by atoms with van der Waals surface area (Å²) in [5.41, 5.74) is 9.72. The first-order chi connectivity index (χ1) is 8.17. The molecule has 0 aliphatic carbocycles. The first kappa shape index (κ1) is 11.6. The third-order valence-corrected chi connectivity index (χ3v) is 2.77. The van der Waals surface area contributed by atoms with E-state index in [1.54, 1.807) is 6.33 Å². The van der Waals surface area contributed by atoms with Gasteiger partial charge in [0.2, 0.25) is 0 Å². The van der Waals surface area contributed by atoms with E-state index in [-0.39, 0.29) is 0 Å². The Morgan fingerprint density at radius 1 is 1.24 bits per heavy atom. The van der Waals surface area contributed by atoms with Crippen LogP contribution in [0.15, 0.2) is 12.4 Å². The second kappa shape index (κ2) is 4.53. The minimum Gasteiger partial charge on any atom is -0.396 e. The van der Waals surface area contributed by atoms with Gasteiger partial charge in [-0.1, -0.05) is 13.8 Å². The summed E-state index contributed by atoms with van der Waals surface area (Å²) in [5, 5.41) is 4.51. The van der Waals surface area contributed by atoms with Crippen molar-refractivity contribution < 1.29 is 0 Å². The molecular weight excluding hydrogens is 214 g/mol.